The number of hydrogen-bond donors (Lipinski definition) is 1. The number of amidine groups is 2. The van der Waals surface area contributed by atoms with Crippen LogP contribution in [0.5, 0.6) is 17.2 Å². The number of hydrogen-bond acceptors (Lipinski definition) is 15. The molecule has 0 spiro atoms. The second kappa shape index (κ2) is 27.9. The van der Waals surface area contributed by atoms with Crippen LogP contribution in [0.2, 0.25) is 0 Å². The zero-order valence-electron chi connectivity index (χ0n) is 57.9. The number of ether oxygens (including phenoxy) is 4. The molecule has 9 aromatic rings. The van der Waals surface area contributed by atoms with E-state index in [-0.39, 0.29) is 41.9 Å². The third kappa shape index (κ3) is 12.8. The van der Waals surface area contributed by atoms with Crippen LogP contribution < -0.4 is 14.2 Å². The number of likely N-dealkylation sites (N-methyl/N-ethyl adjacent to an activating group) is 1. The van der Waals surface area contributed by atoms with Crippen LogP contribution in [0, 0.1) is 38.2 Å². The normalized spacial score (nSPS) is 21.1. The van der Waals surface area contributed by atoms with Crippen LogP contribution in [0.1, 0.15) is 95.4 Å². The predicted molar refractivity (Wildman–Crippen MR) is 382 cm³/mol. The molecule has 3 atom stereocenters. The van der Waals surface area contributed by atoms with Crippen molar-refractivity contribution in [3.8, 4) is 34.3 Å². The Balaban J connectivity index is 0.000000131. The van der Waals surface area contributed by atoms with Crippen molar-refractivity contribution in [2.24, 2.45) is 15.2 Å². The number of rotatable bonds is 14. The average molecular weight is 1390 g/mol. The number of piperidine rings is 1. The summed E-state index contributed by atoms with van der Waals surface area (Å²) in [5.74, 6) is 2.65. The van der Waals surface area contributed by atoms with Crippen LogP contribution in [0.3, 0.4) is 0 Å². The van der Waals surface area contributed by atoms with Crippen molar-refractivity contribution in [2.75, 3.05) is 54.6 Å². The van der Waals surface area contributed by atoms with Crippen molar-refractivity contribution in [3.05, 3.63) is 250 Å². The summed E-state index contributed by atoms with van der Waals surface area (Å²) in [6, 6.07) is 35.9. The molecule has 6 aromatic carbocycles. The van der Waals surface area contributed by atoms with E-state index in [0.717, 1.165) is 98.5 Å². The molecule has 0 bridgehead atoms. The van der Waals surface area contributed by atoms with Gasteiger partial charge in [-0.1, -0.05) is 54.6 Å². The number of benzene rings is 6. The number of urea groups is 1. The lowest BCUT2D eigenvalue weighted by atomic mass is 9.82. The topological polar surface area (TPSA) is 215 Å². The minimum atomic E-state index is -1.03. The fraction of sp³-hybridized carbons (Fsp3) is 0.269. The van der Waals surface area contributed by atoms with Gasteiger partial charge in [0.05, 0.1) is 87.6 Å². The Labute approximate surface area is 592 Å². The Morgan fingerprint density at radius 2 is 1.05 bits per heavy atom. The van der Waals surface area contributed by atoms with Crippen molar-refractivity contribution in [1.29, 1.82) is 0 Å². The molecule has 526 valence electrons. The Bertz CT molecular complexity index is 4960. The molecular formula is C78H75F3N14O8. The first-order valence-corrected chi connectivity index (χ1v) is 33.8. The maximum absolute atomic E-state index is 13.7. The van der Waals surface area contributed by atoms with Crippen LogP contribution in [-0.2, 0) is 31.3 Å². The summed E-state index contributed by atoms with van der Waals surface area (Å²) in [5, 5.41) is 22.8. The Hall–Kier alpha value is -11.9. The smallest absolute Gasteiger partial charge is 0.326 e. The Morgan fingerprint density at radius 3 is 1.57 bits per heavy atom. The van der Waals surface area contributed by atoms with Crippen LogP contribution in [-0.4, -0.2) is 149 Å². The standard InChI is InChI=1S/C27H28FN5O3.C27H26FN5O2.C24H21FN4O3/c1-18-14-32(17-30-18)23-9-4-19(13-24(23)36-3)12-20-15-31(2)26(35)33-25(20)29-11-10-27(33,16-34)21-5-7-22(28)8-6-21;1-18-16-31(17-29-18)23-10-5-19(15-24(23)35-2)14-20-4-3-13-32-26(20)30-33-25(34)11-12-27(32,33)21-6-8-22(28)9-7-21;1-16-14-28(15-26-16)20-9-3-17(13-21(20)31-2)4-10-22-27-29-23(30)11-12-24(29,32-22)18-5-7-19(25)8-6-18/h4-9,12-14,17,34H,10-11,15-16H2,1-3H3;5-10,14-17H,3-4,11-13H2,1-2H3;3-10,13-15H,11-12H2,1-2H3/b20-12+;20-14+;10-4+. The lowest BCUT2D eigenvalue weighted by molar-refractivity contribution is -0.138. The number of amides is 4. The van der Waals surface area contributed by atoms with E-state index in [2.05, 4.69) is 37.1 Å². The van der Waals surface area contributed by atoms with Crippen molar-refractivity contribution < 1.29 is 51.6 Å². The van der Waals surface area contributed by atoms with Gasteiger partial charge >= 0.3 is 6.03 Å². The molecule has 103 heavy (non-hydrogen) atoms. The number of fused-ring (bicyclic) bond motifs is 5. The van der Waals surface area contributed by atoms with Crippen LogP contribution in [0.15, 0.2) is 197 Å². The molecular weight excluding hydrogens is 1320 g/mol. The number of aryl methyl sites for hydroxylation is 3. The molecule has 0 saturated carbocycles. The number of aliphatic hydroxyl groups is 1. The predicted octanol–water partition coefficient (Wildman–Crippen LogP) is 12.5. The summed E-state index contributed by atoms with van der Waals surface area (Å²) in [7, 11) is 6.62. The summed E-state index contributed by atoms with van der Waals surface area (Å²) < 4.78 is 69.5. The first-order valence-electron chi connectivity index (χ1n) is 33.8. The summed E-state index contributed by atoms with van der Waals surface area (Å²) in [6.07, 6.45) is 22.8. The van der Waals surface area contributed by atoms with E-state index in [1.807, 2.05) is 114 Å². The number of methoxy groups -OCH3 is 3. The highest BCUT2D eigenvalue weighted by Gasteiger charge is 2.58. The molecule has 22 nitrogen and oxygen atoms in total. The van der Waals surface area contributed by atoms with Gasteiger partial charge in [-0.3, -0.25) is 19.5 Å². The highest BCUT2D eigenvalue weighted by molar-refractivity contribution is 6.13. The van der Waals surface area contributed by atoms with Crippen LogP contribution in [0.25, 0.3) is 35.3 Å². The van der Waals surface area contributed by atoms with Gasteiger partial charge < -0.3 is 47.6 Å². The average Bonchev–Trinajstić information content (AvgIpc) is 1.47. The molecule has 0 radical (unpaired) electrons. The van der Waals surface area contributed by atoms with Crippen molar-refractivity contribution in [3.63, 3.8) is 0 Å². The fourth-order valence-electron chi connectivity index (χ4n) is 14.5. The van der Waals surface area contributed by atoms with E-state index >= 15 is 0 Å². The van der Waals surface area contributed by atoms with E-state index in [4.69, 9.17) is 29.0 Å². The highest BCUT2D eigenvalue weighted by Crippen LogP contribution is 2.50. The Morgan fingerprint density at radius 1 is 0.553 bits per heavy atom. The Kier molecular flexibility index (Phi) is 18.5. The number of carbonyl (C=O) groups excluding carboxylic acids is 3. The SMILES string of the molecule is COc1cc(/C=C/C2=NN3C(=O)CCC3(c3ccc(F)cc3)O2)ccc1-n1cnc(C)c1.COc1cc(/C=C2\CCCN3C2=NN2C(=O)CCC32c2ccc(F)cc2)ccc1-n1cnc(C)c1.COc1cc(/C=C2\CN(C)C(=O)N3C2=NCCC3(CO)c2ccc(F)cc2)ccc1-n1cnc(C)c1. The quantitative estimate of drug-likeness (QED) is 0.108. The fourth-order valence-corrected chi connectivity index (χ4v) is 14.5. The van der Waals surface area contributed by atoms with E-state index in [0.29, 0.717) is 79.6 Å². The maximum Gasteiger partial charge on any atom is 0.326 e. The van der Waals surface area contributed by atoms with Gasteiger partial charge in [-0.2, -0.15) is 5.01 Å². The first-order chi connectivity index (χ1) is 49.8. The molecule has 10 heterocycles. The van der Waals surface area contributed by atoms with Gasteiger partial charge in [0.15, 0.2) is 11.5 Å². The molecule has 0 aliphatic carbocycles. The number of aromatic nitrogens is 6. The molecule has 4 saturated heterocycles. The van der Waals surface area contributed by atoms with Gasteiger partial charge in [-0.15, -0.1) is 10.2 Å². The zero-order valence-corrected chi connectivity index (χ0v) is 57.9. The molecule has 1 N–H and O–H groups in total. The van der Waals surface area contributed by atoms with Crippen LogP contribution >= 0.6 is 0 Å². The van der Waals surface area contributed by atoms with Crippen molar-refractivity contribution >= 4 is 53.6 Å². The summed E-state index contributed by atoms with van der Waals surface area (Å²) in [4.78, 5) is 61.6. The van der Waals surface area contributed by atoms with Gasteiger partial charge in [-0.05, 0) is 159 Å². The van der Waals surface area contributed by atoms with Crippen LogP contribution in [0.4, 0.5) is 18.0 Å². The molecule has 7 aliphatic heterocycles. The molecule has 3 aromatic heterocycles. The molecule has 4 amide bonds. The van der Waals surface area contributed by atoms with E-state index in [9.17, 15) is 32.7 Å². The number of halogens is 3. The first kappa shape index (κ1) is 68.3. The van der Waals surface area contributed by atoms with Gasteiger partial charge in [-0.25, -0.2) is 37.9 Å². The maximum atomic E-state index is 13.7. The monoisotopic (exact) mass is 1390 g/mol. The number of aliphatic hydroxyl groups excluding tert-OH is 1. The minimum Gasteiger partial charge on any atom is -0.495 e. The minimum absolute atomic E-state index is 0.00257. The highest BCUT2D eigenvalue weighted by atomic mass is 19.1. The van der Waals surface area contributed by atoms with Crippen molar-refractivity contribution in [1.82, 2.24) is 53.4 Å². The number of nitrogens with zero attached hydrogens (tertiary/aromatic N) is 14. The largest absolute Gasteiger partial charge is 0.495 e. The lowest BCUT2D eigenvalue weighted by Crippen LogP contribution is -2.63. The molecule has 7 aliphatic rings. The summed E-state index contributed by atoms with van der Waals surface area (Å²) in [5.41, 5.74) is 9.61. The van der Waals surface area contributed by atoms with E-state index in [1.54, 1.807) is 105 Å². The molecule has 16 rings (SSSR count). The van der Waals surface area contributed by atoms with Gasteiger partial charge in [0.25, 0.3) is 0 Å². The number of hydrazone groups is 2. The molecule has 4 fully saturated rings. The third-order valence-electron chi connectivity index (χ3n) is 19.6. The summed E-state index contributed by atoms with van der Waals surface area (Å²) in [6.45, 7) is 7.09. The second-order valence-corrected chi connectivity index (χ2v) is 26.1. The van der Waals surface area contributed by atoms with E-state index < -0.39 is 16.9 Å². The zero-order chi connectivity index (χ0) is 71.9. The van der Waals surface area contributed by atoms with Gasteiger partial charge in [0, 0.05) is 87.2 Å². The van der Waals surface area contributed by atoms with Crippen molar-refractivity contribution in [2.45, 2.75) is 82.6 Å². The van der Waals surface area contributed by atoms with Gasteiger partial charge in [0.2, 0.25) is 23.4 Å². The number of aliphatic imine (C=N–C) groups is 1. The molecule has 25 heteroatoms. The summed E-state index contributed by atoms with van der Waals surface area (Å²) >= 11 is 0. The third-order valence-corrected chi connectivity index (χ3v) is 19.6. The second-order valence-electron chi connectivity index (χ2n) is 26.1. The van der Waals surface area contributed by atoms with Gasteiger partial charge in [0.1, 0.15) is 46.1 Å². The molecule has 3 unspecified atom stereocenters. The lowest BCUT2D eigenvalue weighted by Gasteiger charge is -2.50. The number of imidazole rings is 3. The number of carbonyl (C=O) groups is 3. The van der Waals surface area contributed by atoms with E-state index in [1.165, 1.54) is 41.4 Å².